The van der Waals surface area contributed by atoms with Crippen LogP contribution >= 0.6 is 0 Å². The standard InChI is InChI=1S/C18H30N4O2/c1-7-21(3)14-15-12-16(20-13-18(23-5)24-6)8-9-17(15)22(4)11-10-19-2/h7-12,18-20H,1,13-14H2,2-6H3/b11-10-. The van der Waals surface area contributed by atoms with Crippen molar-refractivity contribution in [2.75, 3.05) is 52.1 Å². The van der Waals surface area contributed by atoms with Gasteiger partial charge in [0.1, 0.15) is 0 Å². The average molecular weight is 334 g/mol. The first-order chi connectivity index (χ1) is 11.5. The number of nitrogens with zero attached hydrogens (tertiary/aromatic N) is 2. The summed E-state index contributed by atoms with van der Waals surface area (Å²) in [6.45, 7) is 5.17. The maximum Gasteiger partial charge on any atom is 0.173 e. The molecule has 0 aliphatic carbocycles. The lowest BCUT2D eigenvalue weighted by atomic mass is 10.1. The van der Waals surface area contributed by atoms with Crippen LogP contribution in [-0.4, -0.2) is 53.1 Å². The predicted octanol–water partition coefficient (Wildman–Crippen LogP) is 2.42. The summed E-state index contributed by atoms with van der Waals surface area (Å²) in [4.78, 5) is 4.13. The van der Waals surface area contributed by atoms with Crippen molar-refractivity contribution in [1.29, 1.82) is 0 Å². The smallest absolute Gasteiger partial charge is 0.173 e. The molecule has 0 aromatic heterocycles. The Morgan fingerprint density at radius 1 is 1.25 bits per heavy atom. The van der Waals surface area contributed by atoms with E-state index in [0.29, 0.717) is 6.54 Å². The van der Waals surface area contributed by atoms with Crippen LogP contribution in [0.15, 0.2) is 43.4 Å². The van der Waals surface area contributed by atoms with Gasteiger partial charge in [0.2, 0.25) is 0 Å². The second-order valence-electron chi connectivity index (χ2n) is 5.44. The number of benzene rings is 1. The van der Waals surface area contributed by atoms with Gasteiger partial charge in [-0.2, -0.15) is 0 Å². The van der Waals surface area contributed by atoms with E-state index in [-0.39, 0.29) is 6.29 Å². The molecule has 1 aromatic carbocycles. The number of nitrogens with one attached hydrogen (secondary N) is 2. The first-order valence-electron chi connectivity index (χ1n) is 7.87. The van der Waals surface area contributed by atoms with Gasteiger partial charge < -0.3 is 29.9 Å². The van der Waals surface area contributed by atoms with Crippen LogP contribution < -0.4 is 15.5 Å². The molecule has 0 unspecified atom stereocenters. The van der Waals surface area contributed by atoms with Crippen LogP contribution in [0.1, 0.15) is 5.56 Å². The third-order valence-electron chi connectivity index (χ3n) is 3.65. The summed E-state index contributed by atoms with van der Waals surface area (Å²) in [6.07, 6.45) is 5.44. The highest BCUT2D eigenvalue weighted by Gasteiger charge is 2.10. The lowest BCUT2D eigenvalue weighted by Gasteiger charge is -2.23. The van der Waals surface area contributed by atoms with Gasteiger partial charge in [-0.25, -0.2) is 0 Å². The highest BCUT2D eigenvalue weighted by Crippen LogP contribution is 2.25. The average Bonchev–Trinajstić information content (AvgIpc) is 2.60. The van der Waals surface area contributed by atoms with Crippen molar-refractivity contribution < 1.29 is 9.47 Å². The summed E-state index contributed by atoms with van der Waals surface area (Å²) in [5.74, 6) is 0. The number of rotatable bonds is 11. The van der Waals surface area contributed by atoms with Gasteiger partial charge in [-0.1, -0.05) is 6.58 Å². The highest BCUT2D eigenvalue weighted by molar-refractivity contribution is 5.62. The summed E-state index contributed by atoms with van der Waals surface area (Å²) < 4.78 is 10.4. The lowest BCUT2D eigenvalue weighted by molar-refractivity contribution is -0.0914. The van der Waals surface area contributed by atoms with Crippen molar-refractivity contribution >= 4 is 11.4 Å². The van der Waals surface area contributed by atoms with E-state index in [1.54, 1.807) is 14.2 Å². The van der Waals surface area contributed by atoms with Crippen LogP contribution in [0, 0.1) is 0 Å². The predicted molar refractivity (Wildman–Crippen MR) is 101 cm³/mol. The molecular weight excluding hydrogens is 304 g/mol. The second kappa shape index (κ2) is 10.6. The normalized spacial score (nSPS) is 10.9. The molecule has 0 saturated heterocycles. The molecule has 0 heterocycles. The molecule has 0 saturated carbocycles. The molecule has 6 heteroatoms. The topological polar surface area (TPSA) is 49.0 Å². The SMILES string of the molecule is C=CN(C)Cc1cc(NCC(OC)OC)ccc1N(C)/C=C\NC. The Hall–Kier alpha value is -2.18. The maximum atomic E-state index is 5.21. The fourth-order valence-corrected chi connectivity index (χ4v) is 2.23. The fourth-order valence-electron chi connectivity index (χ4n) is 2.23. The van der Waals surface area contributed by atoms with Crippen LogP contribution in [0.3, 0.4) is 0 Å². The third kappa shape index (κ3) is 6.14. The third-order valence-corrected chi connectivity index (χ3v) is 3.65. The molecular formula is C18H30N4O2. The lowest BCUT2D eigenvalue weighted by Crippen LogP contribution is -2.24. The quantitative estimate of drug-likeness (QED) is 0.606. The Morgan fingerprint density at radius 2 is 1.96 bits per heavy atom. The largest absolute Gasteiger partial charge is 0.393 e. The molecule has 0 atom stereocenters. The Balaban J connectivity index is 2.99. The maximum absolute atomic E-state index is 5.21. The van der Waals surface area contributed by atoms with E-state index in [0.717, 1.165) is 17.9 Å². The number of anilines is 2. The van der Waals surface area contributed by atoms with Crippen LogP contribution in [-0.2, 0) is 16.0 Å². The van der Waals surface area contributed by atoms with Crippen LogP contribution in [0.5, 0.6) is 0 Å². The van der Waals surface area contributed by atoms with Gasteiger partial charge in [-0.3, -0.25) is 0 Å². The van der Waals surface area contributed by atoms with Gasteiger partial charge in [0.05, 0.1) is 6.54 Å². The molecule has 24 heavy (non-hydrogen) atoms. The summed E-state index contributed by atoms with van der Waals surface area (Å²) in [7, 11) is 9.18. The van der Waals surface area contributed by atoms with Gasteiger partial charge in [0.25, 0.3) is 0 Å². The molecule has 0 bridgehead atoms. The Bertz CT molecular complexity index is 530. The molecule has 0 radical (unpaired) electrons. The number of ether oxygens (including phenoxy) is 2. The Morgan fingerprint density at radius 3 is 2.54 bits per heavy atom. The van der Waals surface area contributed by atoms with Crippen LogP contribution in [0.4, 0.5) is 11.4 Å². The zero-order chi connectivity index (χ0) is 17.9. The zero-order valence-corrected chi connectivity index (χ0v) is 15.4. The second-order valence-corrected chi connectivity index (χ2v) is 5.44. The minimum absolute atomic E-state index is 0.273. The number of hydrogen-bond acceptors (Lipinski definition) is 6. The van der Waals surface area contributed by atoms with Crippen LogP contribution in [0.2, 0.25) is 0 Å². The van der Waals surface area contributed by atoms with Gasteiger partial charge in [0, 0.05) is 65.7 Å². The fraction of sp³-hybridized carbons (Fsp3) is 0.444. The highest BCUT2D eigenvalue weighted by atomic mass is 16.7. The van der Waals surface area contributed by atoms with Gasteiger partial charge in [-0.05, 0) is 30.0 Å². The first kappa shape index (κ1) is 19.9. The summed E-state index contributed by atoms with van der Waals surface area (Å²) in [5, 5.41) is 6.35. The van der Waals surface area contributed by atoms with Gasteiger partial charge in [0.15, 0.2) is 6.29 Å². The van der Waals surface area contributed by atoms with E-state index in [4.69, 9.17) is 9.47 Å². The summed E-state index contributed by atoms with van der Waals surface area (Å²) in [6, 6.07) is 6.30. The zero-order valence-electron chi connectivity index (χ0n) is 15.4. The van der Waals surface area contributed by atoms with Crippen LogP contribution in [0.25, 0.3) is 0 Å². The molecule has 0 aliphatic rings. The van der Waals surface area contributed by atoms with E-state index in [1.165, 1.54) is 5.56 Å². The summed E-state index contributed by atoms with van der Waals surface area (Å²) >= 11 is 0. The molecule has 1 rings (SSSR count). The van der Waals surface area contributed by atoms with Crippen molar-refractivity contribution in [1.82, 2.24) is 10.2 Å². The van der Waals surface area contributed by atoms with E-state index in [9.17, 15) is 0 Å². The summed E-state index contributed by atoms with van der Waals surface area (Å²) in [5.41, 5.74) is 3.35. The molecule has 0 spiro atoms. The molecule has 0 fully saturated rings. The van der Waals surface area contributed by atoms with Crippen molar-refractivity contribution in [2.45, 2.75) is 12.8 Å². The number of methoxy groups -OCH3 is 2. The van der Waals surface area contributed by atoms with Gasteiger partial charge >= 0.3 is 0 Å². The molecule has 1 aromatic rings. The van der Waals surface area contributed by atoms with E-state index < -0.39 is 0 Å². The molecule has 134 valence electrons. The number of hydrogen-bond donors (Lipinski definition) is 2. The van der Waals surface area contributed by atoms with E-state index >= 15 is 0 Å². The van der Waals surface area contributed by atoms with Gasteiger partial charge in [-0.15, -0.1) is 0 Å². The van der Waals surface area contributed by atoms with Crippen molar-refractivity contribution in [2.24, 2.45) is 0 Å². The van der Waals surface area contributed by atoms with E-state index in [1.807, 2.05) is 44.6 Å². The molecule has 0 aliphatic heterocycles. The Labute approximate surface area is 145 Å². The van der Waals surface area contributed by atoms with Crippen molar-refractivity contribution in [3.8, 4) is 0 Å². The molecule has 2 N–H and O–H groups in total. The van der Waals surface area contributed by atoms with E-state index in [2.05, 4.69) is 40.3 Å². The Kier molecular flexibility index (Phi) is 8.75. The van der Waals surface area contributed by atoms with Crippen molar-refractivity contribution in [3.63, 3.8) is 0 Å². The minimum atomic E-state index is -0.273. The molecule has 0 amide bonds. The minimum Gasteiger partial charge on any atom is -0.393 e. The van der Waals surface area contributed by atoms with Crippen molar-refractivity contribution in [3.05, 3.63) is 48.9 Å². The first-order valence-corrected chi connectivity index (χ1v) is 7.87. The molecule has 6 nitrogen and oxygen atoms in total. The monoisotopic (exact) mass is 334 g/mol.